The van der Waals surface area contributed by atoms with Gasteiger partial charge in [-0.3, -0.25) is 10.1 Å². The van der Waals surface area contributed by atoms with Gasteiger partial charge in [-0.05, 0) is 6.07 Å². The Hall–Kier alpha value is -1.86. The molecule has 84 valence electrons. The zero-order valence-corrected chi connectivity index (χ0v) is 8.79. The molecule has 1 amide bonds. The summed E-state index contributed by atoms with van der Waals surface area (Å²) in [6.45, 7) is 0.662. The van der Waals surface area contributed by atoms with Crippen LogP contribution in [0.3, 0.4) is 0 Å². The second kappa shape index (κ2) is 6.59. The van der Waals surface area contributed by atoms with E-state index in [1.54, 1.807) is 18.2 Å². The number of terminal acetylenes is 1. The van der Waals surface area contributed by atoms with E-state index in [1.807, 2.05) is 0 Å². The van der Waals surface area contributed by atoms with Crippen molar-refractivity contribution in [2.24, 2.45) is 0 Å². The number of hydrogen-bond donors (Lipinski definition) is 2. The Morgan fingerprint density at radius 2 is 2.19 bits per heavy atom. The van der Waals surface area contributed by atoms with Crippen molar-refractivity contribution in [3.8, 4) is 12.3 Å². The molecule has 1 aromatic carbocycles. The van der Waals surface area contributed by atoms with Gasteiger partial charge in [0.15, 0.2) is 0 Å². The fourth-order valence-corrected chi connectivity index (χ4v) is 1.15. The van der Waals surface area contributed by atoms with Gasteiger partial charge in [-0.2, -0.15) is 0 Å². The van der Waals surface area contributed by atoms with E-state index in [0.717, 1.165) is 0 Å². The Morgan fingerprint density at radius 3 is 2.88 bits per heavy atom. The fourth-order valence-electron chi connectivity index (χ4n) is 1.15. The fraction of sp³-hybridized carbons (Fsp3) is 0.250. The van der Waals surface area contributed by atoms with Crippen molar-refractivity contribution in [2.75, 3.05) is 13.1 Å². The Morgan fingerprint density at radius 1 is 1.44 bits per heavy atom. The SMILES string of the molecule is C#CCNCC(=O)NCc1ccccc1F. The molecule has 0 fully saturated rings. The number of carbonyl (C=O) groups is 1. The molecule has 1 rings (SSSR count). The minimum Gasteiger partial charge on any atom is -0.351 e. The summed E-state index contributed by atoms with van der Waals surface area (Å²) in [5.74, 6) is 1.83. The number of amides is 1. The second-order valence-corrected chi connectivity index (χ2v) is 3.18. The average molecular weight is 220 g/mol. The largest absolute Gasteiger partial charge is 0.351 e. The maximum atomic E-state index is 13.2. The summed E-state index contributed by atoms with van der Waals surface area (Å²) in [6.07, 6.45) is 5.01. The molecule has 16 heavy (non-hydrogen) atoms. The highest BCUT2D eigenvalue weighted by Crippen LogP contribution is 2.04. The summed E-state index contributed by atoms with van der Waals surface area (Å²) in [5, 5.41) is 5.33. The van der Waals surface area contributed by atoms with Crippen molar-refractivity contribution < 1.29 is 9.18 Å². The summed E-state index contributed by atoms with van der Waals surface area (Å²) >= 11 is 0. The van der Waals surface area contributed by atoms with E-state index in [1.165, 1.54) is 6.07 Å². The maximum Gasteiger partial charge on any atom is 0.234 e. The lowest BCUT2D eigenvalue weighted by Gasteiger charge is -2.06. The van der Waals surface area contributed by atoms with E-state index < -0.39 is 0 Å². The first kappa shape index (κ1) is 12.2. The van der Waals surface area contributed by atoms with Crippen LogP contribution in [-0.4, -0.2) is 19.0 Å². The number of hydrogen-bond acceptors (Lipinski definition) is 2. The molecular formula is C12H13FN2O. The van der Waals surface area contributed by atoms with Crippen molar-refractivity contribution >= 4 is 5.91 Å². The van der Waals surface area contributed by atoms with Gasteiger partial charge in [0.1, 0.15) is 5.82 Å². The topological polar surface area (TPSA) is 41.1 Å². The standard InChI is InChI=1S/C12H13FN2O/c1-2-7-14-9-12(16)15-8-10-5-3-4-6-11(10)13/h1,3-6,14H,7-9H2,(H,15,16). The number of carbonyl (C=O) groups excluding carboxylic acids is 1. The number of halogens is 1. The van der Waals surface area contributed by atoms with Crippen molar-refractivity contribution in [1.29, 1.82) is 0 Å². The predicted molar refractivity (Wildman–Crippen MR) is 59.9 cm³/mol. The van der Waals surface area contributed by atoms with Crippen LogP contribution in [0.5, 0.6) is 0 Å². The van der Waals surface area contributed by atoms with Crippen LogP contribution in [0, 0.1) is 18.2 Å². The van der Waals surface area contributed by atoms with Crippen LogP contribution >= 0.6 is 0 Å². The molecule has 1 aromatic rings. The van der Waals surface area contributed by atoms with Gasteiger partial charge in [0, 0.05) is 12.1 Å². The highest BCUT2D eigenvalue weighted by molar-refractivity contribution is 5.77. The third-order valence-electron chi connectivity index (χ3n) is 1.95. The van der Waals surface area contributed by atoms with Crippen LogP contribution in [-0.2, 0) is 11.3 Å². The van der Waals surface area contributed by atoms with Crippen molar-refractivity contribution in [3.63, 3.8) is 0 Å². The Bertz CT molecular complexity index is 398. The van der Waals surface area contributed by atoms with Gasteiger partial charge >= 0.3 is 0 Å². The molecule has 0 aliphatic rings. The molecule has 3 nitrogen and oxygen atoms in total. The number of nitrogens with one attached hydrogen (secondary N) is 2. The van der Waals surface area contributed by atoms with Gasteiger partial charge in [-0.25, -0.2) is 4.39 Å². The zero-order chi connectivity index (χ0) is 11.8. The Labute approximate surface area is 94.0 Å². The lowest BCUT2D eigenvalue weighted by molar-refractivity contribution is -0.120. The van der Waals surface area contributed by atoms with Gasteiger partial charge in [0.25, 0.3) is 0 Å². The van der Waals surface area contributed by atoms with Crippen LogP contribution < -0.4 is 10.6 Å². The molecular weight excluding hydrogens is 207 g/mol. The molecule has 0 aliphatic heterocycles. The van der Waals surface area contributed by atoms with E-state index in [9.17, 15) is 9.18 Å². The van der Waals surface area contributed by atoms with Crippen LogP contribution in [0.4, 0.5) is 4.39 Å². The highest BCUT2D eigenvalue weighted by atomic mass is 19.1. The van der Waals surface area contributed by atoms with E-state index in [0.29, 0.717) is 12.1 Å². The Kier molecular flexibility index (Phi) is 5.03. The normalized spacial score (nSPS) is 9.50. The van der Waals surface area contributed by atoms with Crippen LogP contribution in [0.15, 0.2) is 24.3 Å². The second-order valence-electron chi connectivity index (χ2n) is 3.18. The number of rotatable bonds is 5. The number of benzene rings is 1. The first-order valence-corrected chi connectivity index (χ1v) is 4.88. The van der Waals surface area contributed by atoms with Gasteiger partial charge in [-0.15, -0.1) is 6.42 Å². The molecule has 0 heterocycles. The third kappa shape index (κ3) is 4.11. The van der Waals surface area contributed by atoms with E-state index >= 15 is 0 Å². The molecule has 0 unspecified atom stereocenters. The molecule has 0 bridgehead atoms. The van der Waals surface area contributed by atoms with E-state index in [-0.39, 0.29) is 24.8 Å². The van der Waals surface area contributed by atoms with Gasteiger partial charge in [0.05, 0.1) is 13.1 Å². The summed E-state index contributed by atoms with van der Waals surface area (Å²) in [4.78, 5) is 11.2. The van der Waals surface area contributed by atoms with Gasteiger partial charge in [-0.1, -0.05) is 24.1 Å². The molecule has 0 atom stereocenters. The van der Waals surface area contributed by atoms with Crippen molar-refractivity contribution in [1.82, 2.24) is 10.6 Å². The molecule has 0 saturated carbocycles. The lowest BCUT2D eigenvalue weighted by atomic mass is 10.2. The minimum absolute atomic E-state index is 0.138. The van der Waals surface area contributed by atoms with Crippen molar-refractivity contribution in [2.45, 2.75) is 6.54 Å². The molecule has 0 spiro atoms. The van der Waals surface area contributed by atoms with E-state index in [2.05, 4.69) is 16.6 Å². The monoisotopic (exact) mass is 220 g/mol. The summed E-state index contributed by atoms with van der Waals surface area (Å²) < 4.78 is 13.2. The lowest BCUT2D eigenvalue weighted by Crippen LogP contribution is -2.33. The molecule has 4 heteroatoms. The van der Waals surface area contributed by atoms with Crippen LogP contribution in [0.2, 0.25) is 0 Å². The zero-order valence-electron chi connectivity index (χ0n) is 8.79. The Balaban J connectivity index is 2.32. The van der Waals surface area contributed by atoms with Gasteiger partial charge < -0.3 is 5.32 Å². The highest BCUT2D eigenvalue weighted by Gasteiger charge is 2.03. The van der Waals surface area contributed by atoms with E-state index in [4.69, 9.17) is 6.42 Å². The molecule has 2 N–H and O–H groups in total. The van der Waals surface area contributed by atoms with Crippen LogP contribution in [0.25, 0.3) is 0 Å². The summed E-state index contributed by atoms with van der Waals surface area (Å²) in [5.41, 5.74) is 0.466. The van der Waals surface area contributed by atoms with Gasteiger partial charge in [0.2, 0.25) is 5.91 Å². The summed E-state index contributed by atoms with van der Waals surface area (Å²) in [7, 11) is 0. The summed E-state index contributed by atoms with van der Waals surface area (Å²) in [6, 6.07) is 6.32. The molecule has 0 radical (unpaired) electrons. The molecule has 0 saturated heterocycles. The maximum absolute atomic E-state index is 13.2. The average Bonchev–Trinajstić information content (AvgIpc) is 2.28. The first-order chi connectivity index (χ1) is 7.74. The third-order valence-corrected chi connectivity index (χ3v) is 1.95. The first-order valence-electron chi connectivity index (χ1n) is 4.88. The molecule has 0 aliphatic carbocycles. The quantitative estimate of drug-likeness (QED) is 0.565. The minimum atomic E-state index is -0.320. The van der Waals surface area contributed by atoms with Crippen molar-refractivity contribution in [3.05, 3.63) is 35.6 Å². The predicted octanol–water partition coefficient (Wildman–Crippen LogP) is 0.665. The van der Waals surface area contributed by atoms with Crippen LogP contribution in [0.1, 0.15) is 5.56 Å². The smallest absolute Gasteiger partial charge is 0.234 e. The molecule has 0 aromatic heterocycles.